The second kappa shape index (κ2) is 8.12. The van der Waals surface area contributed by atoms with E-state index in [4.69, 9.17) is 0 Å². The van der Waals surface area contributed by atoms with Gasteiger partial charge in [-0.05, 0) is 47.9 Å². The van der Waals surface area contributed by atoms with Crippen LogP contribution < -0.4 is 10.6 Å². The summed E-state index contributed by atoms with van der Waals surface area (Å²) in [4.78, 5) is 23.9. The molecular formula is C22H20N6O2. The number of nitro groups is 1. The number of nitrogens with zero attached hydrogens (tertiary/aromatic N) is 4. The van der Waals surface area contributed by atoms with Gasteiger partial charge in [0.2, 0.25) is 11.6 Å². The fourth-order valence-corrected chi connectivity index (χ4v) is 3.16. The van der Waals surface area contributed by atoms with Gasteiger partial charge >= 0.3 is 5.69 Å². The average molecular weight is 400 g/mol. The van der Waals surface area contributed by atoms with E-state index in [-0.39, 0.29) is 17.3 Å². The van der Waals surface area contributed by atoms with Gasteiger partial charge in [0.05, 0.1) is 10.4 Å². The Balaban J connectivity index is 1.70. The van der Waals surface area contributed by atoms with Crippen LogP contribution in [0.5, 0.6) is 0 Å². The zero-order chi connectivity index (χ0) is 21.1. The Morgan fingerprint density at radius 2 is 1.63 bits per heavy atom. The number of aromatic nitrogens is 3. The van der Waals surface area contributed by atoms with Crippen molar-refractivity contribution in [3.8, 4) is 0 Å². The van der Waals surface area contributed by atoms with Crippen molar-refractivity contribution in [3.63, 3.8) is 0 Å². The Morgan fingerprint density at radius 3 is 2.33 bits per heavy atom. The van der Waals surface area contributed by atoms with Gasteiger partial charge in [-0.3, -0.25) is 15.1 Å². The molecule has 0 aliphatic carbocycles. The predicted octanol–water partition coefficient (Wildman–Crippen LogP) is 5.54. The molecule has 0 unspecified atom stereocenters. The molecule has 0 radical (unpaired) electrons. The average Bonchev–Trinajstić information content (AvgIpc) is 2.74. The maximum atomic E-state index is 11.9. The molecule has 0 aliphatic rings. The van der Waals surface area contributed by atoms with Crippen molar-refractivity contribution in [3.05, 3.63) is 82.8 Å². The van der Waals surface area contributed by atoms with Crippen LogP contribution in [-0.4, -0.2) is 19.9 Å². The van der Waals surface area contributed by atoms with Crippen LogP contribution in [0.1, 0.15) is 25.3 Å². The summed E-state index contributed by atoms with van der Waals surface area (Å²) in [6, 6.07) is 17.0. The molecule has 8 nitrogen and oxygen atoms in total. The van der Waals surface area contributed by atoms with Crippen molar-refractivity contribution >= 4 is 39.6 Å². The summed E-state index contributed by atoms with van der Waals surface area (Å²) < 4.78 is 0. The highest BCUT2D eigenvalue weighted by atomic mass is 16.6. The molecule has 0 saturated carbocycles. The Morgan fingerprint density at radius 1 is 0.900 bits per heavy atom. The van der Waals surface area contributed by atoms with E-state index in [0.717, 1.165) is 10.9 Å². The fraction of sp³-hybridized carbons (Fsp3) is 0.136. The first-order valence-corrected chi connectivity index (χ1v) is 9.50. The normalized spacial score (nSPS) is 10.9. The third-order valence-corrected chi connectivity index (χ3v) is 4.74. The molecule has 0 fully saturated rings. The molecule has 0 amide bonds. The topological polar surface area (TPSA) is 106 Å². The molecule has 2 N–H and O–H groups in total. The molecular weight excluding hydrogens is 380 g/mol. The Kier molecular flexibility index (Phi) is 5.21. The van der Waals surface area contributed by atoms with Crippen molar-refractivity contribution < 1.29 is 4.92 Å². The number of pyridine rings is 1. The van der Waals surface area contributed by atoms with Gasteiger partial charge in [-0.25, -0.2) is 9.97 Å². The lowest BCUT2D eigenvalue weighted by atomic mass is 10.0. The third-order valence-electron chi connectivity index (χ3n) is 4.74. The van der Waals surface area contributed by atoms with E-state index in [2.05, 4.69) is 39.4 Å². The van der Waals surface area contributed by atoms with Crippen LogP contribution in [0.3, 0.4) is 0 Å². The lowest BCUT2D eigenvalue weighted by Crippen LogP contribution is -2.06. The van der Waals surface area contributed by atoms with E-state index in [9.17, 15) is 10.1 Å². The molecule has 2 aromatic heterocycles. The van der Waals surface area contributed by atoms with Gasteiger partial charge in [0.15, 0.2) is 0 Å². The molecule has 4 rings (SSSR count). The van der Waals surface area contributed by atoms with Crippen LogP contribution in [0.2, 0.25) is 0 Å². The highest BCUT2D eigenvalue weighted by Crippen LogP contribution is 2.34. The predicted molar refractivity (Wildman–Crippen MR) is 118 cm³/mol. The van der Waals surface area contributed by atoms with Gasteiger partial charge in [0.1, 0.15) is 6.33 Å². The van der Waals surface area contributed by atoms with E-state index < -0.39 is 4.92 Å². The number of nitrogens with one attached hydrogen (secondary N) is 2. The summed E-state index contributed by atoms with van der Waals surface area (Å²) in [7, 11) is 0. The molecule has 0 atom stereocenters. The smallest absolute Gasteiger partial charge is 0.334 e. The SMILES string of the molecule is CC(C)c1ccc(Nc2ncnc(Nc3cccc4ncccc34)c2[N+](=O)[O-])cc1. The van der Waals surface area contributed by atoms with Gasteiger partial charge < -0.3 is 10.6 Å². The molecule has 4 aromatic rings. The molecule has 0 aliphatic heterocycles. The molecule has 8 heteroatoms. The first kappa shape index (κ1) is 19.3. The van der Waals surface area contributed by atoms with Gasteiger partial charge in [-0.2, -0.15) is 0 Å². The minimum absolute atomic E-state index is 0.104. The maximum absolute atomic E-state index is 11.9. The maximum Gasteiger partial charge on any atom is 0.353 e. The first-order valence-electron chi connectivity index (χ1n) is 9.50. The van der Waals surface area contributed by atoms with Crippen LogP contribution in [-0.2, 0) is 0 Å². The van der Waals surface area contributed by atoms with Gasteiger partial charge in [-0.1, -0.05) is 32.0 Å². The zero-order valence-corrected chi connectivity index (χ0v) is 16.5. The highest BCUT2D eigenvalue weighted by molar-refractivity contribution is 5.93. The first-order chi connectivity index (χ1) is 14.5. The minimum Gasteiger partial charge on any atom is -0.334 e. The van der Waals surface area contributed by atoms with E-state index in [1.807, 2.05) is 54.6 Å². The summed E-state index contributed by atoms with van der Waals surface area (Å²) >= 11 is 0. The van der Waals surface area contributed by atoms with Gasteiger partial charge in [0, 0.05) is 23.0 Å². The fourth-order valence-electron chi connectivity index (χ4n) is 3.16. The van der Waals surface area contributed by atoms with Crippen molar-refractivity contribution in [2.45, 2.75) is 19.8 Å². The number of rotatable bonds is 6. The largest absolute Gasteiger partial charge is 0.353 e. The summed E-state index contributed by atoms with van der Waals surface area (Å²) in [5, 5.41) is 18.8. The minimum atomic E-state index is -0.490. The lowest BCUT2D eigenvalue weighted by Gasteiger charge is -2.12. The standard InChI is InChI=1S/C22H20N6O2/c1-14(2)15-8-10-16(11-9-15)26-21-20(28(29)30)22(25-13-24-21)27-19-7-3-6-18-17(19)5-4-12-23-18/h3-14H,1-2H3,(H2,24,25,26,27). The monoisotopic (exact) mass is 400 g/mol. The number of hydrogen-bond acceptors (Lipinski definition) is 7. The summed E-state index contributed by atoms with van der Waals surface area (Å²) in [6.07, 6.45) is 3.00. The summed E-state index contributed by atoms with van der Waals surface area (Å²) in [5.74, 6) is 0.624. The van der Waals surface area contributed by atoms with Crippen molar-refractivity contribution in [2.75, 3.05) is 10.6 Å². The van der Waals surface area contributed by atoms with Gasteiger partial charge in [-0.15, -0.1) is 0 Å². The van der Waals surface area contributed by atoms with Crippen LogP contribution in [0.15, 0.2) is 67.1 Å². The van der Waals surface area contributed by atoms with E-state index in [1.54, 1.807) is 6.20 Å². The quantitative estimate of drug-likeness (QED) is 0.323. The second-order valence-corrected chi connectivity index (χ2v) is 7.08. The van der Waals surface area contributed by atoms with Crippen molar-refractivity contribution in [2.24, 2.45) is 0 Å². The molecule has 2 aromatic carbocycles. The van der Waals surface area contributed by atoms with Crippen molar-refractivity contribution in [1.29, 1.82) is 0 Å². The van der Waals surface area contributed by atoms with Crippen LogP contribution in [0.25, 0.3) is 10.9 Å². The molecule has 150 valence electrons. The molecule has 0 bridgehead atoms. The second-order valence-electron chi connectivity index (χ2n) is 7.08. The van der Waals surface area contributed by atoms with Crippen molar-refractivity contribution in [1.82, 2.24) is 15.0 Å². The Bertz CT molecular complexity index is 1200. The number of fused-ring (bicyclic) bond motifs is 1. The van der Waals surface area contributed by atoms with Gasteiger partial charge in [0.25, 0.3) is 0 Å². The highest BCUT2D eigenvalue weighted by Gasteiger charge is 2.24. The molecule has 0 saturated heterocycles. The third kappa shape index (κ3) is 3.88. The van der Waals surface area contributed by atoms with E-state index >= 15 is 0 Å². The number of benzene rings is 2. The Labute approximate surface area is 173 Å². The summed E-state index contributed by atoms with van der Waals surface area (Å²) in [6.45, 7) is 4.22. The van der Waals surface area contributed by atoms with Crippen LogP contribution >= 0.6 is 0 Å². The Hall–Kier alpha value is -4.07. The van der Waals surface area contributed by atoms with E-state index in [1.165, 1.54) is 11.9 Å². The van der Waals surface area contributed by atoms with Crippen LogP contribution in [0, 0.1) is 10.1 Å². The molecule has 30 heavy (non-hydrogen) atoms. The lowest BCUT2D eigenvalue weighted by molar-refractivity contribution is -0.383. The molecule has 2 heterocycles. The summed E-state index contributed by atoms with van der Waals surface area (Å²) in [5.41, 5.74) is 3.12. The number of anilines is 4. The van der Waals surface area contributed by atoms with Crippen LogP contribution in [0.4, 0.5) is 28.7 Å². The zero-order valence-electron chi connectivity index (χ0n) is 16.5. The van der Waals surface area contributed by atoms with E-state index in [0.29, 0.717) is 17.3 Å². The number of hydrogen-bond donors (Lipinski definition) is 2. The molecule has 0 spiro atoms.